The Morgan fingerprint density at radius 2 is 1.95 bits per heavy atom. The third-order valence-corrected chi connectivity index (χ3v) is 4.28. The molecule has 2 amide bonds. The first-order valence-electron chi connectivity index (χ1n) is 6.57. The minimum Gasteiger partial charge on any atom is -0.342 e. The lowest BCUT2D eigenvalue weighted by atomic mass is 10.1. The van der Waals surface area contributed by atoms with Crippen LogP contribution in [0.4, 0.5) is 13.6 Å². The summed E-state index contributed by atoms with van der Waals surface area (Å²) < 4.78 is 27.4. The van der Waals surface area contributed by atoms with Gasteiger partial charge in [0.2, 0.25) is 0 Å². The molecular weight excluding hydrogens is 304 g/mol. The first-order valence-corrected chi connectivity index (χ1v) is 6.95. The van der Waals surface area contributed by atoms with Crippen molar-refractivity contribution in [2.75, 3.05) is 19.6 Å². The summed E-state index contributed by atoms with van der Waals surface area (Å²) >= 11 is 5.48. The number of carbonyl (C=O) groups is 2. The highest BCUT2D eigenvalue weighted by molar-refractivity contribution is 6.62. The lowest BCUT2D eigenvalue weighted by Crippen LogP contribution is -2.58. The van der Waals surface area contributed by atoms with Gasteiger partial charge in [0.05, 0.1) is 19.6 Å². The van der Waals surface area contributed by atoms with E-state index in [0.29, 0.717) is 25.2 Å². The Kier molecular flexibility index (Phi) is 3.20. The molecule has 2 aliphatic heterocycles. The summed E-state index contributed by atoms with van der Waals surface area (Å²) in [4.78, 5) is 26.1. The first-order chi connectivity index (χ1) is 9.78. The molecule has 3 heterocycles. The van der Waals surface area contributed by atoms with Gasteiger partial charge in [-0.05, 0) is 29.7 Å². The van der Waals surface area contributed by atoms with E-state index in [1.54, 1.807) is 17.7 Å². The highest BCUT2D eigenvalue weighted by Crippen LogP contribution is 2.30. The van der Waals surface area contributed by atoms with Crippen LogP contribution >= 0.6 is 11.6 Å². The predicted molar refractivity (Wildman–Crippen MR) is 71.6 cm³/mol. The van der Waals surface area contributed by atoms with Crippen molar-refractivity contribution < 1.29 is 18.4 Å². The quantitative estimate of drug-likeness (QED) is 0.586. The summed E-state index contributed by atoms with van der Waals surface area (Å²) in [6.45, 7) is -0.242. The molecule has 0 aromatic carbocycles. The van der Waals surface area contributed by atoms with Gasteiger partial charge >= 0.3 is 5.37 Å². The van der Waals surface area contributed by atoms with Crippen LogP contribution in [-0.4, -0.2) is 51.2 Å². The summed E-state index contributed by atoms with van der Waals surface area (Å²) in [5, 5.41) is -0.530. The van der Waals surface area contributed by atoms with E-state index in [0.717, 1.165) is 16.2 Å². The number of rotatable bonds is 1. The number of halogens is 3. The largest absolute Gasteiger partial charge is 0.342 e. The van der Waals surface area contributed by atoms with Crippen molar-refractivity contribution in [2.24, 2.45) is 7.05 Å². The number of likely N-dealkylation sites (tertiary alicyclic amines) is 1. The smallest absolute Gasteiger partial charge is 0.316 e. The molecule has 2 aliphatic rings. The zero-order chi connectivity index (χ0) is 15.4. The van der Waals surface area contributed by atoms with Crippen LogP contribution in [0.25, 0.3) is 0 Å². The lowest BCUT2D eigenvalue weighted by molar-refractivity contribution is -0.113. The molecule has 3 rings (SSSR count). The number of alkyl halides is 2. The number of aromatic nitrogens is 1. The highest BCUT2D eigenvalue weighted by Gasteiger charge is 2.47. The maximum atomic E-state index is 12.9. The standard InChI is InChI=1S/C13H14ClF2N3O2/c1-17-9(11(20)19-6-13(15,16)7-19)4-8-2-3-18(12(14)21)5-10(8)17/h4H,2-3,5-7H2,1H3. The lowest BCUT2D eigenvalue weighted by Gasteiger charge is -2.38. The van der Waals surface area contributed by atoms with E-state index < -0.39 is 30.3 Å². The fraction of sp³-hybridized carbons (Fsp3) is 0.538. The number of hydrogen-bond acceptors (Lipinski definition) is 2. The van der Waals surface area contributed by atoms with Gasteiger partial charge in [-0.3, -0.25) is 9.59 Å². The van der Waals surface area contributed by atoms with Crippen molar-refractivity contribution in [2.45, 2.75) is 18.9 Å². The van der Waals surface area contributed by atoms with Crippen LogP contribution < -0.4 is 0 Å². The van der Waals surface area contributed by atoms with Crippen molar-refractivity contribution in [3.05, 3.63) is 23.0 Å². The molecule has 1 aromatic heterocycles. The number of nitrogens with zero attached hydrogens (tertiary/aromatic N) is 3. The Hall–Kier alpha value is -1.63. The Balaban J connectivity index is 1.83. The van der Waals surface area contributed by atoms with Crippen LogP contribution in [-0.2, 0) is 20.0 Å². The molecule has 1 fully saturated rings. The molecule has 0 spiro atoms. The van der Waals surface area contributed by atoms with E-state index in [1.807, 2.05) is 0 Å². The van der Waals surface area contributed by atoms with E-state index in [-0.39, 0.29) is 0 Å². The van der Waals surface area contributed by atoms with Gasteiger partial charge in [-0.25, -0.2) is 8.78 Å². The van der Waals surface area contributed by atoms with E-state index >= 15 is 0 Å². The van der Waals surface area contributed by atoms with Crippen LogP contribution in [0.1, 0.15) is 21.7 Å². The zero-order valence-corrected chi connectivity index (χ0v) is 12.2. The summed E-state index contributed by atoms with van der Waals surface area (Å²) in [6.07, 6.45) is 0.602. The van der Waals surface area contributed by atoms with Crippen molar-refractivity contribution in [3.63, 3.8) is 0 Å². The van der Waals surface area contributed by atoms with E-state index in [4.69, 9.17) is 11.6 Å². The first kappa shape index (κ1) is 14.3. The second-order valence-electron chi connectivity index (χ2n) is 5.50. The van der Waals surface area contributed by atoms with Crippen molar-refractivity contribution in [1.29, 1.82) is 0 Å². The molecule has 5 nitrogen and oxygen atoms in total. The number of hydrogen-bond donors (Lipinski definition) is 0. The number of amides is 2. The summed E-state index contributed by atoms with van der Waals surface area (Å²) in [6, 6.07) is 1.73. The number of fused-ring (bicyclic) bond motifs is 1. The molecule has 1 aromatic rings. The van der Waals surface area contributed by atoms with Crippen molar-refractivity contribution in [1.82, 2.24) is 14.4 Å². The predicted octanol–water partition coefficient (Wildman–Crippen LogP) is 1.83. The summed E-state index contributed by atoms with van der Waals surface area (Å²) in [7, 11) is 1.70. The minimum atomic E-state index is -2.78. The van der Waals surface area contributed by atoms with Crippen LogP contribution in [0.15, 0.2) is 6.07 Å². The van der Waals surface area contributed by atoms with E-state index in [9.17, 15) is 18.4 Å². The van der Waals surface area contributed by atoms with Gasteiger partial charge < -0.3 is 14.4 Å². The zero-order valence-electron chi connectivity index (χ0n) is 11.4. The molecule has 0 N–H and O–H groups in total. The van der Waals surface area contributed by atoms with E-state index in [2.05, 4.69) is 0 Å². The summed E-state index contributed by atoms with van der Waals surface area (Å²) in [5.41, 5.74) is 2.16. The normalized spacial score (nSPS) is 20.0. The average molecular weight is 318 g/mol. The monoisotopic (exact) mass is 317 g/mol. The highest BCUT2D eigenvalue weighted by atomic mass is 35.5. The van der Waals surface area contributed by atoms with Gasteiger partial charge in [-0.15, -0.1) is 0 Å². The number of carbonyl (C=O) groups excluding carboxylic acids is 2. The molecule has 114 valence electrons. The topological polar surface area (TPSA) is 45.6 Å². The molecule has 1 saturated heterocycles. The fourth-order valence-electron chi connectivity index (χ4n) is 2.82. The van der Waals surface area contributed by atoms with Crippen LogP contribution in [0.5, 0.6) is 0 Å². The fourth-order valence-corrected chi connectivity index (χ4v) is 2.96. The SMILES string of the molecule is Cn1c(C(=O)N2CC(F)(F)C2)cc2c1CN(C(=O)Cl)CC2. The molecule has 21 heavy (non-hydrogen) atoms. The van der Waals surface area contributed by atoms with E-state index in [1.165, 1.54) is 4.90 Å². The molecule has 0 bridgehead atoms. The molecule has 0 aliphatic carbocycles. The van der Waals surface area contributed by atoms with Gasteiger partial charge in [-0.2, -0.15) is 0 Å². The third kappa shape index (κ3) is 2.39. The Bertz CT molecular complexity index is 621. The molecule has 8 heteroatoms. The van der Waals surface area contributed by atoms with Crippen molar-refractivity contribution >= 4 is 22.9 Å². The second-order valence-corrected chi connectivity index (χ2v) is 5.83. The minimum absolute atomic E-state index is 0.331. The molecule has 0 atom stereocenters. The van der Waals surface area contributed by atoms with Gasteiger partial charge in [0.1, 0.15) is 5.69 Å². The maximum absolute atomic E-state index is 12.9. The molecule has 0 radical (unpaired) electrons. The Labute approximate surface area is 125 Å². The Morgan fingerprint density at radius 3 is 2.52 bits per heavy atom. The molecule has 0 saturated carbocycles. The summed E-state index contributed by atoms with van der Waals surface area (Å²) in [5.74, 6) is -3.18. The Morgan fingerprint density at radius 1 is 1.29 bits per heavy atom. The molecule has 0 unspecified atom stereocenters. The average Bonchev–Trinajstić information content (AvgIpc) is 2.72. The van der Waals surface area contributed by atoms with Gasteiger partial charge in [0.25, 0.3) is 11.8 Å². The van der Waals surface area contributed by atoms with Gasteiger partial charge in [-0.1, -0.05) is 0 Å². The van der Waals surface area contributed by atoms with Crippen molar-refractivity contribution in [3.8, 4) is 0 Å². The van der Waals surface area contributed by atoms with Gasteiger partial charge in [0.15, 0.2) is 0 Å². The molecular formula is C13H14ClF2N3O2. The third-order valence-electron chi connectivity index (χ3n) is 4.04. The maximum Gasteiger partial charge on any atom is 0.316 e. The van der Waals surface area contributed by atoms with Crippen LogP contribution in [0.2, 0.25) is 0 Å². The van der Waals surface area contributed by atoms with Crippen LogP contribution in [0, 0.1) is 0 Å². The van der Waals surface area contributed by atoms with Crippen LogP contribution in [0.3, 0.4) is 0 Å². The second kappa shape index (κ2) is 4.69. The van der Waals surface area contributed by atoms with Gasteiger partial charge in [0, 0.05) is 19.3 Å².